The van der Waals surface area contributed by atoms with E-state index in [2.05, 4.69) is 4.99 Å². The first-order valence-electron chi connectivity index (χ1n) is 7.77. The molecule has 1 aliphatic rings. The smallest absolute Gasteiger partial charge is 0.327 e. The fourth-order valence-corrected chi connectivity index (χ4v) is 3.05. The molecule has 0 aliphatic heterocycles. The number of aldehydes is 1. The summed E-state index contributed by atoms with van der Waals surface area (Å²) in [4.78, 5) is 28.6. The van der Waals surface area contributed by atoms with Crippen molar-refractivity contribution in [3.63, 3.8) is 0 Å². The number of ether oxygens (including phenoxy) is 1. The molecule has 0 saturated heterocycles. The van der Waals surface area contributed by atoms with Crippen LogP contribution in [-0.2, 0) is 9.59 Å². The Hall–Kier alpha value is -3.42. The molecule has 0 radical (unpaired) electrons. The van der Waals surface area contributed by atoms with Gasteiger partial charge in [0.1, 0.15) is 17.9 Å². The van der Waals surface area contributed by atoms with Gasteiger partial charge in [0.05, 0.1) is 11.7 Å². The molecular weight excluding hydrogens is 339 g/mol. The summed E-state index contributed by atoms with van der Waals surface area (Å²) in [6.45, 7) is 0. The van der Waals surface area contributed by atoms with E-state index in [1.807, 2.05) is 0 Å². The molecule has 0 bridgehead atoms. The fraction of sp³-hybridized carbons (Fsp3) is 0.167. The maximum atomic E-state index is 13.6. The summed E-state index contributed by atoms with van der Waals surface area (Å²) in [7, 11) is 0. The number of nitrogens with two attached hydrogens (primary N) is 3. The number of carbonyl (C=O) groups excluding carboxylic acids is 2. The van der Waals surface area contributed by atoms with Crippen molar-refractivity contribution in [2.45, 2.75) is 12.0 Å². The van der Waals surface area contributed by atoms with Gasteiger partial charge in [-0.15, -0.1) is 0 Å². The number of nitrogen functional groups attached to an aromatic ring is 1. The Morgan fingerprint density at radius 2 is 1.88 bits per heavy atom. The first-order valence-corrected chi connectivity index (χ1v) is 7.77. The van der Waals surface area contributed by atoms with Gasteiger partial charge in [0.15, 0.2) is 11.4 Å². The van der Waals surface area contributed by atoms with Crippen LogP contribution in [0.15, 0.2) is 53.5 Å². The average Bonchev–Trinajstić information content (AvgIpc) is 3.26. The Labute approximate surface area is 148 Å². The molecule has 3 unspecified atom stereocenters. The van der Waals surface area contributed by atoms with Gasteiger partial charge in [-0.05, 0) is 17.7 Å². The maximum Gasteiger partial charge on any atom is 0.327 e. The van der Waals surface area contributed by atoms with Crippen LogP contribution >= 0.6 is 0 Å². The van der Waals surface area contributed by atoms with Crippen molar-refractivity contribution in [1.29, 1.82) is 0 Å². The molecule has 6 N–H and O–H groups in total. The summed E-state index contributed by atoms with van der Waals surface area (Å²) >= 11 is 0. The summed E-state index contributed by atoms with van der Waals surface area (Å²) in [5.41, 5.74) is 15.3. The lowest BCUT2D eigenvalue weighted by molar-refractivity contribution is -0.143. The zero-order chi connectivity index (χ0) is 18.9. The topological polar surface area (TPSA) is 134 Å². The van der Waals surface area contributed by atoms with E-state index in [1.165, 1.54) is 12.1 Å². The van der Waals surface area contributed by atoms with Crippen molar-refractivity contribution in [2.75, 3.05) is 5.73 Å². The SMILES string of the molecule is NC(N)=NC1C(c2ccccc2)C1(C=O)C(=O)Oc1ccc(N)c(F)c1. The van der Waals surface area contributed by atoms with E-state index in [9.17, 15) is 14.0 Å². The van der Waals surface area contributed by atoms with Gasteiger partial charge in [0, 0.05) is 12.0 Å². The van der Waals surface area contributed by atoms with Crippen LogP contribution < -0.4 is 21.9 Å². The van der Waals surface area contributed by atoms with Gasteiger partial charge in [-0.25, -0.2) is 9.38 Å². The van der Waals surface area contributed by atoms with Gasteiger partial charge in [0.2, 0.25) is 0 Å². The number of halogens is 1. The highest BCUT2D eigenvalue weighted by atomic mass is 19.1. The number of anilines is 1. The monoisotopic (exact) mass is 356 g/mol. The zero-order valence-electron chi connectivity index (χ0n) is 13.6. The van der Waals surface area contributed by atoms with E-state index in [4.69, 9.17) is 21.9 Å². The average molecular weight is 356 g/mol. The largest absolute Gasteiger partial charge is 0.426 e. The summed E-state index contributed by atoms with van der Waals surface area (Å²) < 4.78 is 18.8. The van der Waals surface area contributed by atoms with Gasteiger partial charge >= 0.3 is 5.97 Å². The highest BCUT2D eigenvalue weighted by Gasteiger charge is 2.72. The second-order valence-electron chi connectivity index (χ2n) is 6.01. The molecule has 3 atom stereocenters. The molecule has 3 rings (SSSR count). The third-order valence-electron chi connectivity index (χ3n) is 4.39. The van der Waals surface area contributed by atoms with Crippen LogP contribution in [0.3, 0.4) is 0 Å². The molecule has 0 aromatic heterocycles. The minimum absolute atomic E-state index is 0.0647. The second-order valence-corrected chi connectivity index (χ2v) is 6.01. The lowest BCUT2D eigenvalue weighted by Gasteiger charge is -2.11. The molecule has 2 aromatic carbocycles. The van der Waals surface area contributed by atoms with Crippen LogP contribution in [0.5, 0.6) is 5.75 Å². The number of carbonyl (C=O) groups is 2. The minimum Gasteiger partial charge on any atom is -0.426 e. The van der Waals surface area contributed by atoms with Crippen LogP contribution in [0.25, 0.3) is 0 Å². The van der Waals surface area contributed by atoms with Crippen molar-refractivity contribution in [2.24, 2.45) is 21.9 Å². The number of guanidine groups is 1. The van der Waals surface area contributed by atoms with Crippen LogP contribution in [0, 0.1) is 11.2 Å². The summed E-state index contributed by atoms with van der Waals surface area (Å²) in [6, 6.07) is 11.7. The number of aliphatic imine (C=N–C) groups is 1. The van der Waals surface area contributed by atoms with E-state index in [1.54, 1.807) is 30.3 Å². The zero-order valence-corrected chi connectivity index (χ0v) is 13.6. The summed E-state index contributed by atoms with van der Waals surface area (Å²) in [6.07, 6.45) is 0.484. The van der Waals surface area contributed by atoms with Crippen molar-refractivity contribution in [1.82, 2.24) is 0 Å². The summed E-state index contributed by atoms with van der Waals surface area (Å²) in [5.74, 6) is -2.47. The van der Waals surface area contributed by atoms with Crippen molar-refractivity contribution < 1.29 is 18.7 Å². The van der Waals surface area contributed by atoms with E-state index in [-0.39, 0.29) is 17.4 Å². The number of hydrogen-bond acceptors (Lipinski definition) is 5. The van der Waals surface area contributed by atoms with Crippen LogP contribution in [-0.4, -0.2) is 24.3 Å². The quantitative estimate of drug-likeness (QED) is 0.139. The van der Waals surface area contributed by atoms with E-state index < -0.39 is 29.2 Å². The number of hydrogen-bond donors (Lipinski definition) is 3. The van der Waals surface area contributed by atoms with Crippen molar-refractivity contribution >= 4 is 23.9 Å². The van der Waals surface area contributed by atoms with E-state index in [0.29, 0.717) is 6.29 Å². The predicted octanol–water partition coefficient (Wildman–Crippen LogP) is 0.938. The summed E-state index contributed by atoms with van der Waals surface area (Å²) in [5, 5.41) is 0. The lowest BCUT2D eigenvalue weighted by Crippen LogP contribution is -2.29. The first-order chi connectivity index (χ1) is 12.4. The first kappa shape index (κ1) is 17.4. The number of rotatable bonds is 5. The molecule has 0 amide bonds. The minimum atomic E-state index is -1.58. The molecule has 0 spiro atoms. The van der Waals surface area contributed by atoms with Gasteiger partial charge in [0.25, 0.3) is 0 Å². The van der Waals surface area contributed by atoms with Gasteiger partial charge < -0.3 is 26.7 Å². The van der Waals surface area contributed by atoms with Gasteiger partial charge in [-0.1, -0.05) is 30.3 Å². The predicted molar refractivity (Wildman–Crippen MR) is 93.7 cm³/mol. The Morgan fingerprint density at radius 1 is 1.19 bits per heavy atom. The third-order valence-corrected chi connectivity index (χ3v) is 4.39. The molecule has 134 valence electrons. The highest BCUT2D eigenvalue weighted by molar-refractivity contribution is 6.02. The fourth-order valence-electron chi connectivity index (χ4n) is 3.05. The Bertz CT molecular complexity index is 883. The standard InChI is InChI=1S/C18H17FN4O3/c19-12-8-11(6-7-13(12)20)26-16(25)18(9-24)14(15(18)23-17(21)22)10-4-2-1-3-5-10/h1-9,14-15H,20H2,(H4,21,22,23). The van der Waals surface area contributed by atoms with Crippen molar-refractivity contribution in [3.05, 3.63) is 59.9 Å². The van der Waals surface area contributed by atoms with Gasteiger partial charge in [-0.3, -0.25) is 4.79 Å². The van der Waals surface area contributed by atoms with Crippen LogP contribution in [0.2, 0.25) is 0 Å². The number of nitrogens with zero attached hydrogens (tertiary/aromatic N) is 1. The highest BCUT2D eigenvalue weighted by Crippen LogP contribution is 2.60. The maximum absolute atomic E-state index is 13.6. The number of benzene rings is 2. The molecule has 1 aliphatic carbocycles. The van der Waals surface area contributed by atoms with E-state index in [0.717, 1.165) is 11.6 Å². The lowest BCUT2D eigenvalue weighted by atomic mass is 10.0. The molecule has 2 aromatic rings. The van der Waals surface area contributed by atoms with E-state index >= 15 is 0 Å². The Morgan fingerprint density at radius 3 is 2.46 bits per heavy atom. The molecule has 7 nitrogen and oxygen atoms in total. The normalized spacial score (nSPS) is 23.7. The Balaban J connectivity index is 1.94. The van der Waals surface area contributed by atoms with Gasteiger partial charge in [-0.2, -0.15) is 0 Å². The molecule has 1 fully saturated rings. The Kier molecular flexibility index (Phi) is 4.33. The molecule has 8 heteroatoms. The van der Waals surface area contributed by atoms with Crippen LogP contribution in [0.4, 0.5) is 10.1 Å². The van der Waals surface area contributed by atoms with Crippen molar-refractivity contribution in [3.8, 4) is 5.75 Å². The molecule has 0 heterocycles. The van der Waals surface area contributed by atoms with Crippen LogP contribution in [0.1, 0.15) is 11.5 Å². The molecular formula is C18H17FN4O3. The number of esters is 1. The molecule has 1 saturated carbocycles. The third kappa shape index (κ3) is 2.85. The second kappa shape index (κ2) is 6.47. The molecule has 26 heavy (non-hydrogen) atoms.